The van der Waals surface area contributed by atoms with Gasteiger partial charge in [0.25, 0.3) is 0 Å². The van der Waals surface area contributed by atoms with E-state index >= 15 is 0 Å². The molecular formula is C9H7BrF2N2. The largest absolute Gasteiger partial charge is 1.00 e. The Hall–Kier alpha value is -1.07. The molecule has 14 heavy (non-hydrogen) atoms. The number of benzene rings is 1. The Morgan fingerprint density at radius 1 is 1.14 bits per heavy atom. The van der Waals surface area contributed by atoms with Crippen LogP contribution in [0.1, 0.15) is 0 Å². The minimum atomic E-state index is -0.835. The molecule has 0 radical (unpaired) electrons. The van der Waals surface area contributed by atoms with E-state index in [2.05, 4.69) is 4.99 Å². The fraction of sp³-hybridized carbons (Fsp3) is 0. The van der Waals surface area contributed by atoms with E-state index in [-0.39, 0.29) is 17.0 Å². The van der Waals surface area contributed by atoms with Gasteiger partial charge in [-0.3, -0.25) is 0 Å². The molecule has 1 aliphatic rings. The molecule has 1 aromatic rings. The van der Waals surface area contributed by atoms with E-state index in [4.69, 9.17) is 0 Å². The highest BCUT2D eigenvalue weighted by Crippen LogP contribution is 2.09. The zero-order chi connectivity index (χ0) is 9.26. The molecule has 2 nitrogen and oxygen atoms in total. The van der Waals surface area contributed by atoms with Gasteiger partial charge in [0.15, 0.2) is 18.0 Å². The van der Waals surface area contributed by atoms with Crippen molar-refractivity contribution in [3.05, 3.63) is 42.2 Å². The van der Waals surface area contributed by atoms with Crippen molar-refractivity contribution in [1.29, 1.82) is 0 Å². The molecule has 1 aromatic carbocycles. The first-order chi connectivity index (χ1) is 6.27. The van der Waals surface area contributed by atoms with Crippen LogP contribution in [0.4, 0.5) is 14.5 Å². The van der Waals surface area contributed by atoms with Crippen molar-refractivity contribution in [3.63, 3.8) is 0 Å². The molecule has 2 rings (SSSR count). The summed E-state index contributed by atoms with van der Waals surface area (Å²) >= 11 is 0. The summed E-state index contributed by atoms with van der Waals surface area (Å²) in [5, 5.41) is 0. The molecule has 1 N–H and O–H groups in total. The maximum Gasteiger partial charge on any atom is 0.198 e. The third kappa shape index (κ3) is 2.05. The summed E-state index contributed by atoms with van der Waals surface area (Å²) in [5.74, 6) is -1.66. The lowest BCUT2D eigenvalue weighted by molar-refractivity contribution is -0.655. The molecule has 0 saturated heterocycles. The number of nitrogens with one attached hydrogen (secondary N) is 1. The third-order valence-corrected chi connectivity index (χ3v) is 1.81. The van der Waals surface area contributed by atoms with E-state index < -0.39 is 11.6 Å². The normalized spacial score (nSPS) is 18.3. The predicted molar refractivity (Wildman–Crippen MR) is 44.6 cm³/mol. The molecule has 0 saturated carbocycles. The zero-order valence-electron chi connectivity index (χ0n) is 7.05. The fourth-order valence-electron chi connectivity index (χ4n) is 1.14. The van der Waals surface area contributed by atoms with E-state index in [1.807, 2.05) is 0 Å². The Kier molecular flexibility index (Phi) is 3.49. The quantitative estimate of drug-likeness (QED) is 0.602. The Morgan fingerprint density at radius 3 is 2.50 bits per heavy atom. The number of nitrogens with zero attached hydrogens (tertiary/aromatic N) is 1. The number of hydrogen-bond donors (Lipinski definition) is 1. The second-order valence-electron chi connectivity index (χ2n) is 2.68. The monoisotopic (exact) mass is 260 g/mol. The Balaban J connectivity index is 0.000000980. The number of halogens is 3. The van der Waals surface area contributed by atoms with Gasteiger partial charge in [-0.25, -0.2) is 18.7 Å². The van der Waals surface area contributed by atoms with Crippen LogP contribution in [0.25, 0.3) is 0 Å². The van der Waals surface area contributed by atoms with Gasteiger partial charge in [-0.2, -0.15) is 0 Å². The molecule has 0 aliphatic carbocycles. The lowest BCUT2D eigenvalue weighted by atomic mass is 10.3. The van der Waals surface area contributed by atoms with Crippen LogP contribution < -0.4 is 21.9 Å². The van der Waals surface area contributed by atoms with E-state index in [0.717, 1.165) is 17.0 Å². The molecule has 74 valence electrons. The Bertz CT molecular complexity index is 378. The molecule has 1 unspecified atom stereocenters. The topological polar surface area (TPSA) is 16.8 Å². The van der Waals surface area contributed by atoms with Crippen molar-refractivity contribution in [3.8, 4) is 0 Å². The van der Waals surface area contributed by atoms with Gasteiger partial charge in [-0.1, -0.05) is 0 Å². The lowest BCUT2D eigenvalue weighted by Crippen LogP contribution is -3.00. The molecule has 0 spiro atoms. The predicted octanol–water partition coefficient (Wildman–Crippen LogP) is -2.00. The maximum absolute atomic E-state index is 12.8. The molecular weight excluding hydrogens is 254 g/mol. The molecule has 1 heterocycles. The Labute approximate surface area is 90.3 Å². The molecule has 1 atom stereocenters. The zero-order valence-corrected chi connectivity index (χ0v) is 8.63. The first kappa shape index (κ1) is 11.0. The van der Waals surface area contributed by atoms with Gasteiger partial charge >= 0.3 is 0 Å². The minimum absolute atomic E-state index is 0. The number of rotatable bonds is 1. The van der Waals surface area contributed by atoms with Crippen molar-refractivity contribution in [2.75, 3.05) is 0 Å². The molecule has 1 aliphatic heterocycles. The van der Waals surface area contributed by atoms with Crippen LogP contribution >= 0.6 is 0 Å². The number of quaternary nitrogens is 1. The molecule has 0 fully saturated rings. The van der Waals surface area contributed by atoms with Crippen LogP contribution in [0.15, 0.2) is 35.6 Å². The Morgan fingerprint density at radius 2 is 1.93 bits per heavy atom. The standard InChI is InChI=1S/C9H6F2N2.BrH/c10-8-2-1-7(5-9(8)11)13-4-3-12-6-13;/h1-6H;1H. The summed E-state index contributed by atoms with van der Waals surface area (Å²) in [4.78, 5) is 4.63. The van der Waals surface area contributed by atoms with Crippen molar-refractivity contribution in [2.45, 2.75) is 0 Å². The van der Waals surface area contributed by atoms with Gasteiger partial charge in [0.1, 0.15) is 11.9 Å². The van der Waals surface area contributed by atoms with E-state index in [1.54, 1.807) is 18.7 Å². The maximum atomic E-state index is 12.8. The summed E-state index contributed by atoms with van der Waals surface area (Å²) in [6.07, 6.45) is 4.95. The summed E-state index contributed by atoms with van der Waals surface area (Å²) in [6, 6.07) is 3.79. The SMILES string of the molecule is Fc1ccc([NH+]2C=CN=C2)cc1F.[Br-]. The first-order valence-electron chi connectivity index (χ1n) is 3.79. The highest BCUT2D eigenvalue weighted by molar-refractivity contribution is 5.53. The van der Waals surface area contributed by atoms with Gasteiger partial charge in [0.05, 0.1) is 6.20 Å². The van der Waals surface area contributed by atoms with Crippen molar-refractivity contribution in [1.82, 2.24) is 0 Å². The average Bonchev–Trinajstić information content (AvgIpc) is 2.62. The molecule has 0 bridgehead atoms. The van der Waals surface area contributed by atoms with Gasteiger partial charge in [0.2, 0.25) is 0 Å². The molecule has 0 aromatic heterocycles. The van der Waals surface area contributed by atoms with Gasteiger partial charge in [0, 0.05) is 12.1 Å². The highest BCUT2D eigenvalue weighted by atomic mass is 79.9. The lowest BCUT2D eigenvalue weighted by Gasteiger charge is -2.03. The van der Waals surface area contributed by atoms with E-state index in [0.29, 0.717) is 5.69 Å². The van der Waals surface area contributed by atoms with Gasteiger partial charge in [-0.15, -0.1) is 0 Å². The van der Waals surface area contributed by atoms with Crippen LogP contribution in [0.3, 0.4) is 0 Å². The molecule has 0 amide bonds. The molecule has 5 heteroatoms. The van der Waals surface area contributed by atoms with Gasteiger partial charge < -0.3 is 17.0 Å². The van der Waals surface area contributed by atoms with E-state index in [9.17, 15) is 8.78 Å². The second kappa shape index (κ2) is 4.43. The fourth-order valence-corrected chi connectivity index (χ4v) is 1.14. The number of hydrogen-bond acceptors (Lipinski definition) is 1. The summed E-state index contributed by atoms with van der Waals surface area (Å²) in [7, 11) is 0. The van der Waals surface area contributed by atoms with E-state index in [1.165, 1.54) is 6.07 Å². The minimum Gasteiger partial charge on any atom is -1.00 e. The van der Waals surface area contributed by atoms with Crippen LogP contribution in [0, 0.1) is 11.6 Å². The third-order valence-electron chi connectivity index (χ3n) is 1.81. The summed E-state index contributed by atoms with van der Waals surface area (Å²) < 4.78 is 25.3. The van der Waals surface area contributed by atoms with Crippen LogP contribution in [0.5, 0.6) is 0 Å². The van der Waals surface area contributed by atoms with Crippen LogP contribution in [-0.4, -0.2) is 6.34 Å². The van der Waals surface area contributed by atoms with Crippen molar-refractivity contribution < 1.29 is 30.7 Å². The van der Waals surface area contributed by atoms with Crippen molar-refractivity contribution >= 4 is 12.0 Å². The van der Waals surface area contributed by atoms with Crippen molar-refractivity contribution in [2.24, 2.45) is 4.99 Å². The summed E-state index contributed by atoms with van der Waals surface area (Å²) in [5.41, 5.74) is 0.636. The number of aliphatic imine (C=N–C) groups is 1. The van der Waals surface area contributed by atoms with Crippen LogP contribution in [0.2, 0.25) is 0 Å². The smallest absolute Gasteiger partial charge is 0.198 e. The average molecular weight is 261 g/mol. The highest BCUT2D eigenvalue weighted by Gasteiger charge is 2.12. The van der Waals surface area contributed by atoms with Crippen LogP contribution in [-0.2, 0) is 0 Å². The first-order valence-corrected chi connectivity index (χ1v) is 3.79. The summed E-state index contributed by atoms with van der Waals surface area (Å²) in [6.45, 7) is 0. The van der Waals surface area contributed by atoms with Gasteiger partial charge in [-0.05, 0) is 6.07 Å². The second-order valence-corrected chi connectivity index (χ2v) is 2.68.